The van der Waals surface area contributed by atoms with E-state index < -0.39 is 0 Å². The number of likely N-dealkylation sites (N-methyl/N-ethyl adjacent to an activating group) is 1. The number of ether oxygens (including phenoxy) is 1. The summed E-state index contributed by atoms with van der Waals surface area (Å²) in [6, 6.07) is 12.3. The Morgan fingerprint density at radius 3 is 2.49 bits per heavy atom. The third-order valence-corrected chi connectivity index (χ3v) is 9.97. The van der Waals surface area contributed by atoms with Gasteiger partial charge in [-0.2, -0.15) is 5.10 Å². The molecule has 4 aromatic rings. The van der Waals surface area contributed by atoms with Gasteiger partial charge in [-0.05, 0) is 88.7 Å². The summed E-state index contributed by atoms with van der Waals surface area (Å²) in [5, 5.41) is 28.3. The summed E-state index contributed by atoms with van der Waals surface area (Å²) in [5.74, 6) is 2.01. The standard InChI is InChI=1S/C38H53N11O2/c1-25-11-10-12-26(2)49(25)37-45-44-35-18-15-28(24-48(35)37)51-32-17-16-31(29-13-8-9-14-30(29)32)42-36(50)43-34(21-33(39)38(3,4)5)41-27-22-40-47(23-27)20-19-46(6)7/h8-9,13-15,18,22-26,31-32,39H,10-12,16-17,19-21H2,1-7H3,(H2,41,42,43,50). The molecule has 3 aromatic heterocycles. The lowest BCUT2D eigenvalue weighted by molar-refractivity contribution is 0.171. The van der Waals surface area contributed by atoms with Crippen LogP contribution >= 0.6 is 0 Å². The molecule has 3 N–H and O–H groups in total. The molecule has 1 fully saturated rings. The number of carbonyl (C=O) groups excluding carboxylic acids is 1. The van der Waals surface area contributed by atoms with E-state index in [4.69, 9.17) is 15.1 Å². The van der Waals surface area contributed by atoms with Gasteiger partial charge in [-0.25, -0.2) is 9.79 Å². The molecule has 0 saturated carbocycles. The second-order valence-corrected chi connectivity index (χ2v) is 15.3. The topological polar surface area (TPSA) is 141 Å². The molecule has 2 aliphatic rings. The molecule has 4 unspecified atom stereocenters. The molecule has 4 atom stereocenters. The van der Waals surface area contributed by atoms with Crippen LogP contribution in [0, 0.1) is 10.8 Å². The number of nitrogens with zero attached hydrogens (tertiary/aromatic N) is 8. The number of carbonyl (C=O) groups is 1. The first-order valence-electron chi connectivity index (χ1n) is 18.1. The Hall–Kier alpha value is -4.78. The number of piperidine rings is 1. The van der Waals surface area contributed by atoms with Crippen molar-refractivity contribution in [3.05, 3.63) is 66.1 Å². The fraction of sp³-hybridized carbons (Fsp3) is 0.526. The molecule has 0 bridgehead atoms. The highest BCUT2D eigenvalue weighted by molar-refractivity contribution is 6.09. The second-order valence-electron chi connectivity index (χ2n) is 15.3. The number of pyridine rings is 1. The van der Waals surface area contributed by atoms with Crippen molar-refractivity contribution in [3.8, 4) is 5.75 Å². The number of aliphatic imine (C=N–C) groups is 1. The predicted octanol–water partition coefficient (Wildman–Crippen LogP) is 6.70. The molecule has 1 saturated heterocycles. The lowest BCUT2D eigenvalue weighted by Crippen LogP contribution is -2.44. The van der Waals surface area contributed by atoms with E-state index in [-0.39, 0.29) is 30.0 Å². The number of urea groups is 1. The molecule has 1 aliphatic carbocycles. The van der Waals surface area contributed by atoms with Gasteiger partial charge in [0.2, 0.25) is 5.95 Å². The van der Waals surface area contributed by atoms with Crippen LogP contribution in [-0.4, -0.2) is 79.6 Å². The fourth-order valence-electron chi connectivity index (χ4n) is 6.97. The Balaban J connectivity index is 1.17. The number of benzene rings is 1. The first-order valence-corrected chi connectivity index (χ1v) is 18.1. The highest BCUT2D eigenvalue weighted by Crippen LogP contribution is 2.39. The quantitative estimate of drug-likeness (QED) is 0.124. The Kier molecular flexibility index (Phi) is 10.8. The number of rotatable bonds is 10. The summed E-state index contributed by atoms with van der Waals surface area (Å²) in [7, 11) is 4.04. The van der Waals surface area contributed by atoms with Gasteiger partial charge in [0, 0.05) is 30.8 Å². The first kappa shape index (κ1) is 36.0. The van der Waals surface area contributed by atoms with E-state index >= 15 is 0 Å². The summed E-state index contributed by atoms with van der Waals surface area (Å²) in [5.41, 5.74) is 3.60. The minimum absolute atomic E-state index is 0.180. The first-order chi connectivity index (χ1) is 24.4. The molecule has 13 nitrogen and oxygen atoms in total. The smallest absolute Gasteiger partial charge is 0.320 e. The van der Waals surface area contributed by atoms with Crippen LogP contribution < -0.4 is 20.3 Å². The largest absolute Gasteiger partial charge is 0.484 e. The Morgan fingerprint density at radius 1 is 1.02 bits per heavy atom. The van der Waals surface area contributed by atoms with Gasteiger partial charge in [-0.1, -0.05) is 45.0 Å². The molecule has 0 spiro atoms. The minimum Gasteiger partial charge on any atom is -0.484 e. The van der Waals surface area contributed by atoms with E-state index in [2.05, 4.69) is 61.7 Å². The lowest BCUT2D eigenvalue weighted by atomic mass is 9.85. The molecular weight excluding hydrogens is 642 g/mol. The third kappa shape index (κ3) is 8.58. The van der Waals surface area contributed by atoms with E-state index in [1.807, 2.05) is 80.6 Å². The van der Waals surface area contributed by atoms with Crippen molar-refractivity contribution in [2.24, 2.45) is 10.4 Å². The van der Waals surface area contributed by atoms with Gasteiger partial charge in [0.1, 0.15) is 23.4 Å². The van der Waals surface area contributed by atoms with Crippen LogP contribution in [-0.2, 0) is 6.54 Å². The highest BCUT2D eigenvalue weighted by Gasteiger charge is 2.31. The van der Waals surface area contributed by atoms with Gasteiger partial charge < -0.3 is 25.3 Å². The minimum atomic E-state index is -0.364. The summed E-state index contributed by atoms with van der Waals surface area (Å²) in [6.07, 6.45) is 10.5. The third-order valence-electron chi connectivity index (χ3n) is 9.97. The SMILES string of the molecule is CC1CCCC(C)N1c1nnc2ccc(OC3CCC(NC(=O)NC(CC(=N)C(C)(C)C)=Nc4cnn(CCN(C)C)c4)c4ccccc43)cn12. The van der Waals surface area contributed by atoms with E-state index in [1.165, 1.54) is 6.42 Å². The van der Waals surface area contributed by atoms with Gasteiger partial charge in [-0.3, -0.25) is 14.4 Å². The molecule has 2 amide bonds. The van der Waals surface area contributed by atoms with Crippen LogP contribution in [0.2, 0.25) is 0 Å². The van der Waals surface area contributed by atoms with Crippen LogP contribution in [0.1, 0.15) is 96.4 Å². The molecule has 4 heterocycles. The number of hydrogen-bond donors (Lipinski definition) is 3. The van der Waals surface area contributed by atoms with Gasteiger partial charge >= 0.3 is 6.03 Å². The van der Waals surface area contributed by atoms with E-state index in [1.54, 1.807) is 6.20 Å². The normalized spacial score (nSPS) is 21.1. The van der Waals surface area contributed by atoms with Gasteiger partial charge in [0.05, 0.1) is 31.2 Å². The fourth-order valence-corrected chi connectivity index (χ4v) is 6.97. The monoisotopic (exact) mass is 695 g/mol. The number of aromatic nitrogens is 5. The zero-order chi connectivity index (χ0) is 36.3. The average Bonchev–Trinajstić information content (AvgIpc) is 3.71. The van der Waals surface area contributed by atoms with Crippen molar-refractivity contribution in [2.75, 3.05) is 25.5 Å². The summed E-state index contributed by atoms with van der Waals surface area (Å²) in [6.45, 7) is 12.1. The second kappa shape index (κ2) is 15.2. The van der Waals surface area contributed by atoms with Crippen molar-refractivity contribution >= 4 is 34.9 Å². The van der Waals surface area contributed by atoms with Crippen molar-refractivity contribution in [1.29, 1.82) is 5.41 Å². The number of nitrogens with one attached hydrogen (secondary N) is 3. The van der Waals surface area contributed by atoms with Gasteiger partial charge in [0.15, 0.2) is 5.65 Å². The number of amides is 2. The number of amidine groups is 1. The van der Waals surface area contributed by atoms with Crippen molar-refractivity contribution in [2.45, 2.75) is 104 Å². The van der Waals surface area contributed by atoms with Gasteiger partial charge in [0.25, 0.3) is 0 Å². The van der Waals surface area contributed by atoms with E-state index in [0.717, 1.165) is 60.8 Å². The highest BCUT2D eigenvalue weighted by atomic mass is 16.5. The van der Waals surface area contributed by atoms with Crippen LogP contribution in [0.5, 0.6) is 5.75 Å². The molecule has 51 heavy (non-hydrogen) atoms. The van der Waals surface area contributed by atoms with Crippen LogP contribution in [0.15, 0.2) is 60.0 Å². The van der Waals surface area contributed by atoms with Crippen molar-refractivity contribution in [1.82, 2.24) is 39.9 Å². The molecule has 1 aliphatic heterocycles. The maximum Gasteiger partial charge on any atom is 0.320 e. The Morgan fingerprint density at radius 2 is 1.76 bits per heavy atom. The molecule has 6 rings (SSSR count). The zero-order valence-electron chi connectivity index (χ0n) is 31.1. The van der Waals surface area contributed by atoms with Crippen molar-refractivity contribution in [3.63, 3.8) is 0 Å². The van der Waals surface area contributed by atoms with Crippen LogP contribution in [0.4, 0.5) is 16.4 Å². The zero-order valence-corrected chi connectivity index (χ0v) is 31.1. The molecule has 13 heteroatoms. The maximum absolute atomic E-state index is 13.6. The predicted molar refractivity (Wildman–Crippen MR) is 201 cm³/mol. The number of fused-ring (bicyclic) bond motifs is 2. The Bertz CT molecular complexity index is 1860. The molecule has 1 aromatic carbocycles. The molecule has 272 valence electrons. The maximum atomic E-state index is 13.6. The van der Waals surface area contributed by atoms with E-state index in [9.17, 15) is 4.79 Å². The Labute approximate surface area is 301 Å². The number of anilines is 1. The number of hydrogen-bond acceptors (Lipinski definition) is 9. The van der Waals surface area contributed by atoms with Crippen LogP contribution in [0.25, 0.3) is 5.65 Å². The lowest BCUT2D eigenvalue weighted by Gasteiger charge is -2.39. The van der Waals surface area contributed by atoms with E-state index in [0.29, 0.717) is 35.7 Å². The summed E-state index contributed by atoms with van der Waals surface area (Å²) >= 11 is 0. The molecular formula is C38H53N11O2. The summed E-state index contributed by atoms with van der Waals surface area (Å²) in [4.78, 5) is 22.8. The van der Waals surface area contributed by atoms with Crippen LogP contribution in [0.3, 0.4) is 0 Å². The molecule has 0 radical (unpaired) electrons. The van der Waals surface area contributed by atoms with Crippen molar-refractivity contribution < 1.29 is 9.53 Å². The van der Waals surface area contributed by atoms with Gasteiger partial charge in [-0.15, -0.1) is 10.2 Å². The summed E-state index contributed by atoms with van der Waals surface area (Å²) < 4.78 is 10.6. The average molecular weight is 696 g/mol.